The highest BCUT2D eigenvalue weighted by molar-refractivity contribution is 7.90. The molecular formula is C10H20N2O4S. The number of aliphatic carboxylic acids is 1. The minimum absolute atomic E-state index is 0.292. The van der Waals surface area contributed by atoms with Gasteiger partial charge in [0.1, 0.15) is 0 Å². The Morgan fingerprint density at radius 1 is 1.59 bits per heavy atom. The lowest BCUT2D eigenvalue weighted by Gasteiger charge is -2.22. The van der Waals surface area contributed by atoms with Crippen LogP contribution in [-0.2, 0) is 14.8 Å². The Morgan fingerprint density at radius 2 is 2.18 bits per heavy atom. The molecule has 17 heavy (non-hydrogen) atoms. The second-order valence-electron chi connectivity index (χ2n) is 4.72. The van der Waals surface area contributed by atoms with Crippen LogP contribution in [0, 0.1) is 5.92 Å². The third-order valence-electron chi connectivity index (χ3n) is 3.23. The molecule has 0 aromatic carbocycles. The zero-order valence-electron chi connectivity index (χ0n) is 10.5. The molecule has 1 rings (SSSR count). The number of sulfonamides is 1. The summed E-state index contributed by atoms with van der Waals surface area (Å²) in [6, 6.07) is 0. The smallest absolute Gasteiger partial charge is 0.323 e. The molecule has 2 unspecified atom stereocenters. The van der Waals surface area contributed by atoms with Crippen molar-refractivity contribution in [3.8, 4) is 0 Å². The fourth-order valence-electron chi connectivity index (χ4n) is 2.04. The molecular weight excluding hydrogens is 244 g/mol. The summed E-state index contributed by atoms with van der Waals surface area (Å²) in [6.45, 7) is 3.42. The van der Waals surface area contributed by atoms with Gasteiger partial charge in [-0.2, -0.15) is 0 Å². The molecule has 1 saturated heterocycles. The van der Waals surface area contributed by atoms with E-state index in [1.54, 1.807) is 0 Å². The van der Waals surface area contributed by atoms with Crippen molar-refractivity contribution in [1.82, 2.24) is 9.21 Å². The zero-order valence-corrected chi connectivity index (χ0v) is 11.3. The minimum atomic E-state index is -3.73. The number of hydrogen-bond acceptors (Lipinski definition) is 4. The summed E-state index contributed by atoms with van der Waals surface area (Å²) in [7, 11) is -0.282. The quantitative estimate of drug-likeness (QED) is 0.736. The standard InChI is InChI=1S/C10H20N2O4S/c1-8(10(13)14)17(15,16)12(3)7-9-4-5-11(2)6-9/h8-9H,4-7H2,1-3H3,(H,13,14). The summed E-state index contributed by atoms with van der Waals surface area (Å²) in [5, 5.41) is 7.37. The highest BCUT2D eigenvalue weighted by atomic mass is 32.2. The monoisotopic (exact) mass is 264 g/mol. The van der Waals surface area contributed by atoms with Crippen LogP contribution < -0.4 is 0 Å². The second-order valence-corrected chi connectivity index (χ2v) is 7.08. The number of likely N-dealkylation sites (tertiary alicyclic amines) is 1. The van der Waals surface area contributed by atoms with Crippen molar-refractivity contribution in [1.29, 1.82) is 0 Å². The van der Waals surface area contributed by atoms with E-state index in [9.17, 15) is 13.2 Å². The molecule has 0 radical (unpaired) electrons. The molecule has 7 heteroatoms. The van der Waals surface area contributed by atoms with E-state index in [1.165, 1.54) is 18.3 Å². The first-order valence-corrected chi connectivity index (χ1v) is 7.12. The van der Waals surface area contributed by atoms with Crippen LogP contribution in [0.5, 0.6) is 0 Å². The van der Waals surface area contributed by atoms with Crippen LogP contribution in [0.2, 0.25) is 0 Å². The average molecular weight is 264 g/mol. The summed E-state index contributed by atoms with van der Waals surface area (Å²) in [4.78, 5) is 12.9. The van der Waals surface area contributed by atoms with Crippen LogP contribution in [-0.4, -0.2) is 67.7 Å². The zero-order chi connectivity index (χ0) is 13.2. The highest BCUT2D eigenvalue weighted by Crippen LogP contribution is 2.18. The van der Waals surface area contributed by atoms with Gasteiger partial charge in [-0.15, -0.1) is 0 Å². The summed E-state index contributed by atoms with van der Waals surface area (Å²) in [5.74, 6) is -1.01. The lowest BCUT2D eigenvalue weighted by atomic mass is 10.1. The molecule has 0 saturated carbocycles. The third kappa shape index (κ3) is 3.40. The Kier molecular flexibility index (Phi) is 4.51. The van der Waals surface area contributed by atoms with Gasteiger partial charge >= 0.3 is 5.97 Å². The Morgan fingerprint density at radius 3 is 2.59 bits per heavy atom. The molecule has 2 atom stereocenters. The van der Waals surface area contributed by atoms with E-state index >= 15 is 0 Å². The van der Waals surface area contributed by atoms with E-state index in [2.05, 4.69) is 4.90 Å². The van der Waals surface area contributed by atoms with E-state index in [4.69, 9.17) is 5.11 Å². The number of hydrogen-bond donors (Lipinski definition) is 1. The second kappa shape index (κ2) is 5.32. The summed E-state index contributed by atoms with van der Waals surface area (Å²) < 4.78 is 24.9. The van der Waals surface area contributed by atoms with Crippen LogP contribution in [0.4, 0.5) is 0 Å². The maximum atomic E-state index is 11.9. The van der Waals surface area contributed by atoms with Crippen molar-refractivity contribution in [3.63, 3.8) is 0 Å². The van der Waals surface area contributed by atoms with Crippen molar-refractivity contribution >= 4 is 16.0 Å². The molecule has 100 valence electrons. The van der Waals surface area contributed by atoms with E-state index in [0.717, 1.165) is 19.5 Å². The van der Waals surface area contributed by atoms with Gasteiger partial charge in [0.25, 0.3) is 0 Å². The number of rotatable bonds is 5. The maximum Gasteiger partial charge on any atom is 0.323 e. The van der Waals surface area contributed by atoms with Crippen LogP contribution in [0.25, 0.3) is 0 Å². The summed E-state index contributed by atoms with van der Waals surface area (Å²) in [6.07, 6.45) is 0.956. The Balaban J connectivity index is 2.63. The van der Waals surface area contributed by atoms with E-state index < -0.39 is 21.2 Å². The minimum Gasteiger partial charge on any atom is -0.480 e. The molecule has 0 spiro atoms. The van der Waals surface area contributed by atoms with Gasteiger partial charge in [-0.25, -0.2) is 12.7 Å². The molecule has 1 aliphatic heterocycles. The van der Waals surface area contributed by atoms with E-state index in [1.807, 2.05) is 7.05 Å². The first kappa shape index (κ1) is 14.4. The lowest BCUT2D eigenvalue weighted by molar-refractivity contribution is -0.136. The lowest BCUT2D eigenvalue weighted by Crippen LogP contribution is -2.41. The normalized spacial score (nSPS) is 24.1. The summed E-state index contributed by atoms with van der Waals surface area (Å²) >= 11 is 0. The highest BCUT2D eigenvalue weighted by Gasteiger charge is 2.33. The molecule has 0 aromatic heterocycles. The van der Waals surface area contributed by atoms with Crippen molar-refractivity contribution in [2.45, 2.75) is 18.6 Å². The van der Waals surface area contributed by atoms with Gasteiger partial charge in [0.15, 0.2) is 5.25 Å². The molecule has 1 N–H and O–H groups in total. The molecule has 0 aliphatic carbocycles. The summed E-state index contributed by atoms with van der Waals surface area (Å²) in [5.41, 5.74) is 0. The predicted octanol–water partition coefficient (Wildman–Crippen LogP) is -0.327. The number of nitrogens with zero attached hydrogens (tertiary/aromatic N) is 2. The molecule has 1 fully saturated rings. The van der Waals surface area contributed by atoms with Crippen LogP contribution in [0.1, 0.15) is 13.3 Å². The molecule has 1 aliphatic rings. The van der Waals surface area contributed by atoms with Crippen LogP contribution >= 0.6 is 0 Å². The van der Waals surface area contributed by atoms with Crippen LogP contribution in [0.15, 0.2) is 0 Å². The third-order valence-corrected chi connectivity index (χ3v) is 5.35. The molecule has 0 bridgehead atoms. The molecule has 0 amide bonds. The van der Waals surface area contributed by atoms with E-state index in [-0.39, 0.29) is 0 Å². The number of carboxylic acid groups (broad SMARTS) is 1. The van der Waals surface area contributed by atoms with Gasteiger partial charge in [-0.05, 0) is 32.9 Å². The van der Waals surface area contributed by atoms with Crippen molar-refractivity contribution in [2.24, 2.45) is 5.92 Å². The predicted molar refractivity (Wildman–Crippen MR) is 64.3 cm³/mol. The van der Waals surface area contributed by atoms with Gasteiger partial charge in [0.2, 0.25) is 10.0 Å². The maximum absolute atomic E-state index is 11.9. The number of carboxylic acids is 1. The Labute approximate surface area is 102 Å². The first-order valence-electron chi connectivity index (χ1n) is 5.61. The van der Waals surface area contributed by atoms with Gasteiger partial charge in [0.05, 0.1) is 0 Å². The van der Waals surface area contributed by atoms with Gasteiger partial charge in [-0.3, -0.25) is 4.79 Å². The first-order chi connectivity index (χ1) is 7.75. The van der Waals surface area contributed by atoms with Gasteiger partial charge in [-0.1, -0.05) is 0 Å². The van der Waals surface area contributed by atoms with Gasteiger partial charge < -0.3 is 10.0 Å². The number of carbonyl (C=O) groups is 1. The average Bonchev–Trinajstić information content (AvgIpc) is 2.62. The SMILES string of the molecule is CC(C(=O)O)S(=O)(=O)N(C)CC1CCN(C)C1. The topological polar surface area (TPSA) is 77.9 Å². The molecule has 6 nitrogen and oxygen atoms in total. The van der Waals surface area contributed by atoms with Crippen molar-refractivity contribution in [3.05, 3.63) is 0 Å². The molecule has 1 heterocycles. The van der Waals surface area contributed by atoms with Crippen molar-refractivity contribution in [2.75, 3.05) is 33.7 Å². The van der Waals surface area contributed by atoms with Gasteiger partial charge in [0, 0.05) is 20.1 Å². The molecule has 0 aromatic rings. The largest absolute Gasteiger partial charge is 0.480 e. The van der Waals surface area contributed by atoms with Crippen LogP contribution in [0.3, 0.4) is 0 Å². The Bertz CT molecular complexity index is 382. The fourth-order valence-corrected chi connectivity index (χ4v) is 3.25. The Hall–Kier alpha value is -0.660. The van der Waals surface area contributed by atoms with E-state index in [0.29, 0.717) is 12.5 Å². The fraction of sp³-hybridized carbons (Fsp3) is 0.900. The van der Waals surface area contributed by atoms with Crippen molar-refractivity contribution < 1.29 is 18.3 Å².